The van der Waals surface area contributed by atoms with Crippen LogP contribution in [0, 0.1) is 0 Å². The third-order valence-corrected chi connectivity index (χ3v) is 6.55. The number of nitrogens with zero attached hydrogens (tertiary/aromatic N) is 2. The van der Waals surface area contributed by atoms with Gasteiger partial charge in [0.2, 0.25) is 10.0 Å². The summed E-state index contributed by atoms with van der Waals surface area (Å²) in [5.74, 6) is 0.0534. The van der Waals surface area contributed by atoms with Crippen LogP contribution < -0.4 is 11.1 Å². The van der Waals surface area contributed by atoms with Crippen LogP contribution in [0.3, 0.4) is 0 Å². The monoisotopic (exact) mass is 564 g/mol. The van der Waals surface area contributed by atoms with E-state index < -0.39 is 10.0 Å². The second-order valence-corrected chi connectivity index (χ2v) is 9.62. The standard InChI is InChI=1S/C17H26Cl2N4O3S.HI/c1-11-9-23(10-12(2)26-11)27(24,25)7-6-21-17(20)22-13(3)15-5-4-14(18)8-16(15)19;/h4-5,8,11-13H,6-7,9-10H2,1-3H3,(H3,20,21,22);1H. The molecule has 1 aliphatic rings. The lowest BCUT2D eigenvalue weighted by molar-refractivity contribution is -0.0440. The summed E-state index contributed by atoms with van der Waals surface area (Å²) >= 11 is 12.1. The van der Waals surface area contributed by atoms with Crippen molar-refractivity contribution in [3.8, 4) is 0 Å². The number of hydrogen-bond donors (Lipinski definition) is 2. The molecule has 0 aliphatic carbocycles. The number of rotatable bonds is 6. The summed E-state index contributed by atoms with van der Waals surface area (Å²) in [7, 11) is -3.41. The second kappa shape index (κ2) is 11.2. The van der Waals surface area contributed by atoms with Gasteiger partial charge in [-0.2, -0.15) is 4.31 Å². The zero-order valence-electron chi connectivity index (χ0n) is 16.1. The van der Waals surface area contributed by atoms with Crippen molar-refractivity contribution in [2.24, 2.45) is 10.7 Å². The number of morpholine rings is 1. The summed E-state index contributed by atoms with van der Waals surface area (Å²) in [4.78, 5) is 4.13. The Kier molecular flexibility index (Phi) is 10.3. The van der Waals surface area contributed by atoms with Crippen LogP contribution in [-0.2, 0) is 14.8 Å². The Bertz CT molecular complexity index is 785. The molecule has 0 spiro atoms. The van der Waals surface area contributed by atoms with Gasteiger partial charge >= 0.3 is 0 Å². The van der Waals surface area contributed by atoms with Crippen molar-refractivity contribution in [1.29, 1.82) is 0 Å². The third kappa shape index (κ3) is 7.49. The van der Waals surface area contributed by atoms with Gasteiger partial charge in [-0.25, -0.2) is 8.42 Å². The number of aliphatic imine (C=N–C) groups is 1. The molecule has 1 aromatic rings. The summed E-state index contributed by atoms with van der Waals surface area (Å²) in [6, 6.07) is 5.00. The second-order valence-electron chi connectivity index (χ2n) is 6.69. The highest BCUT2D eigenvalue weighted by molar-refractivity contribution is 14.0. The van der Waals surface area contributed by atoms with Crippen molar-refractivity contribution < 1.29 is 13.2 Å². The maximum absolute atomic E-state index is 12.5. The molecule has 7 nitrogen and oxygen atoms in total. The van der Waals surface area contributed by atoms with Gasteiger partial charge in [0, 0.05) is 23.1 Å². The number of benzene rings is 1. The van der Waals surface area contributed by atoms with Crippen LogP contribution in [0.1, 0.15) is 32.4 Å². The Hall–Kier alpha value is -0.330. The normalized spacial score (nSPS) is 22.4. The molecule has 0 aromatic heterocycles. The molecule has 0 saturated carbocycles. The molecule has 1 aliphatic heterocycles. The van der Waals surface area contributed by atoms with E-state index in [4.69, 9.17) is 33.7 Å². The van der Waals surface area contributed by atoms with Gasteiger partial charge in [-0.3, -0.25) is 4.99 Å². The van der Waals surface area contributed by atoms with Gasteiger partial charge in [0.05, 0.1) is 30.5 Å². The van der Waals surface area contributed by atoms with E-state index in [9.17, 15) is 8.42 Å². The minimum Gasteiger partial charge on any atom is -0.373 e. The minimum absolute atomic E-state index is 0. The van der Waals surface area contributed by atoms with Crippen LogP contribution in [0.25, 0.3) is 0 Å². The van der Waals surface area contributed by atoms with Crippen molar-refractivity contribution in [3.05, 3.63) is 33.8 Å². The fraction of sp³-hybridized carbons (Fsp3) is 0.588. The lowest BCUT2D eigenvalue weighted by atomic mass is 10.1. The highest BCUT2D eigenvalue weighted by Crippen LogP contribution is 2.25. The van der Waals surface area contributed by atoms with E-state index in [0.29, 0.717) is 23.1 Å². The van der Waals surface area contributed by atoms with Crippen LogP contribution in [-0.4, -0.2) is 56.3 Å². The third-order valence-electron chi connectivity index (χ3n) is 4.20. The summed E-state index contributed by atoms with van der Waals surface area (Å²) in [5, 5.41) is 4.08. The van der Waals surface area contributed by atoms with E-state index in [0.717, 1.165) is 5.56 Å². The van der Waals surface area contributed by atoms with Crippen molar-refractivity contribution in [2.45, 2.75) is 39.0 Å². The average Bonchev–Trinajstić information content (AvgIpc) is 2.53. The Labute approximate surface area is 194 Å². The molecule has 160 valence electrons. The zero-order valence-corrected chi connectivity index (χ0v) is 20.7. The number of nitrogens with one attached hydrogen (secondary N) is 1. The topological polar surface area (TPSA) is 97.0 Å². The Morgan fingerprint density at radius 1 is 1.36 bits per heavy atom. The molecule has 3 atom stereocenters. The molecule has 3 N–H and O–H groups in total. The molecule has 28 heavy (non-hydrogen) atoms. The predicted molar refractivity (Wildman–Crippen MR) is 125 cm³/mol. The molecule has 0 bridgehead atoms. The molecule has 2 rings (SSSR count). The van der Waals surface area contributed by atoms with Gasteiger partial charge in [0.15, 0.2) is 5.96 Å². The molecule has 1 aromatic carbocycles. The van der Waals surface area contributed by atoms with E-state index in [1.807, 2.05) is 20.8 Å². The molecule has 0 amide bonds. The summed E-state index contributed by atoms with van der Waals surface area (Å²) in [6.07, 6.45) is -0.243. The summed E-state index contributed by atoms with van der Waals surface area (Å²) < 4.78 is 32.0. The summed E-state index contributed by atoms with van der Waals surface area (Å²) in [5.41, 5.74) is 6.71. The number of guanidine groups is 1. The van der Waals surface area contributed by atoms with Gasteiger partial charge in [-0.05, 0) is 38.5 Å². The molecular weight excluding hydrogens is 538 g/mol. The SMILES string of the molecule is CC1CN(S(=O)(=O)CCN=C(N)NC(C)c2ccc(Cl)cc2Cl)CC(C)O1.I. The van der Waals surface area contributed by atoms with E-state index in [2.05, 4.69) is 10.3 Å². The predicted octanol–water partition coefficient (Wildman–Crippen LogP) is 3.02. The number of nitrogens with two attached hydrogens (primary N) is 1. The highest BCUT2D eigenvalue weighted by atomic mass is 127. The first-order chi connectivity index (χ1) is 12.6. The Morgan fingerprint density at radius 3 is 2.54 bits per heavy atom. The maximum atomic E-state index is 12.5. The first-order valence-corrected chi connectivity index (χ1v) is 11.1. The van der Waals surface area contributed by atoms with Gasteiger partial charge < -0.3 is 15.8 Å². The van der Waals surface area contributed by atoms with E-state index in [-0.39, 0.29) is 60.5 Å². The number of halogens is 3. The van der Waals surface area contributed by atoms with Crippen LogP contribution in [0.4, 0.5) is 0 Å². The first kappa shape index (κ1) is 25.7. The van der Waals surface area contributed by atoms with E-state index in [1.54, 1.807) is 18.2 Å². The summed E-state index contributed by atoms with van der Waals surface area (Å²) in [6.45, 7) is 6.39. The Balaban J connectivity index is 0.00000392. The quantitative estimate of drug-likeness (QED) is 0.314. The molecule has 1 fully saturated rings. The molecule has 3 unspecified atom stereocenters. The van der Waals surface area contributed by atoms with Crippen LogP contribution in [0.2, 0.25) is 10.0 Å². The van der Waals surface area contributed by atoms with Crippen molar-refractivity contribution >= 4 is 63.2 Å². The largest absolute Gasteiger partial charge is 0.373 e. The van der Waals surface area contributed by atoms with Gasteiger partial charge in [0.1, 0.15) is 0 Å². The number of hydrogen-bond acceptors (Lipinski definition) is 4. The molecular formula is C17H27Cl2IN4O3S. The van der Waals surface area contributed by atoms with Crippen molar-refractivity contribution in [1.82, 2.24) is 9.62 Å². The number of sulfonamides is 1. The van der Waals surface area contributed by atoms with Crippen LogP contribution >= 0.6 is 47.2 Å². The van der Waals surface area contributed by atoms with Gasteiger partial charge in [-0.1, -0.05) is 29.3 Å². The smallest absolute Gasteiger partial charge is 0.216 e. The van der Waals surface area contributed by atoms with Crippen molar-refractivity contribution in [3.63, 3.8) is 0 Å². The fourth-order valence-corrected chi connectivity index (χ4v) is 4.99. The number of ether oxygens (including phenoxy) is 1. The van der Waals surface area contributed by atoms with Gasteiger partial charge in [-0.15, -0.1) is 24.0 Å². The fourth-order valence-electron chi connectivity index (χ4n) is 2.97. The van der Waals surface area contributed by atoms with Crippen LogP contribution in [0.5, 0.6) is 0 Å². The lowest BCUT2D eigenvalue weighted by Crippen LogP contribution is -2.49. The molecule has 1 saturated heterocycles. The van der Waals surface area contributed by atoms with Crippen molar-refractivity contribution in [2.75, 3.05) is 25.4 Å². The first-order valence-electron chi connectivity index (χ1n) is 8.73. The zero-order chi connectivity index (χ0) is 20.2. The van der Waals surface area contributed by atoms with E-state index >= 15 is 0 Å². The minimum atomic E-state index is -3.41. The average molecular weight is 565 g/mol. The highest BCUT2D eigenvalue weighted by Gasteiger charge is 2.30. The Morgan fingerprint density at radius 2 is 1.96 bits per heavy atom. The molecule has 0 radical (unpaired) electrons. The van der Waals surface area contributed by atoms with Crippen LogP contribution in [0.15, 0.2) is 23.2 Å². The maximum Gasteiger partial charge on any atom is 0.216 e. The molecule has 1 heterocycles. The van der Waals surface area contributed by atoms with E-state index in [1.165, 1.54) is 4.31 Å². The van der Waals surface area contributed by atoms with Gasteiger partial charge in [0.25, 0.3) is 0 Å². The lowest BCUT2D eigenvalue weighted by Gasteiger charge is -2.34. The molecule has 11 heteroatoms.